The van der Waals surface area contributed by atoms with Gasteiger partial charge in [-0.3, -0.25) is 0 Å². The standard InChI is InChI=1S/C20H29N3O8S2/c1-26-15-11-19(17(28-3)9-13(15)21)32-31-30-7-5-23-6-8-33(24,25)20-12-16(27-2)14(22)10-18(20)29-4/h9-12,23H,5-8,21-22H2,1-4H3. The number of anilines is 2. The molecule has 33 heavy (non-hydrogen) atoms. The number of nitrogens with two attached hydrogens (primary N) is 2. The fourth-order valence-corrected chi connectivity index (χ4v) is 4.68. The Balaban J connectivity index is 1.78. The predicted molar refractivity (Wildman–Crippen MR) is 126 cm³/mol. The van der Waals surface area contributed by atoms with Gasteiger partial charge in [-0.2, -0.15) is 4.33 Å². The van der Waals surface area contributed by atoms with Crippen molar-refractivity contribution < 1.29 is 36.6 Å². The summed E-state index contributed by atoms with van der Waals surface area (Å²) in [6, 6.07) is 6.08. The van der Waals surface area contributed by atoms with Gasteiger partial charge < -0.3 is 35.7 Å². The van der Waals surface area contributed by atoms with Crippen LogP contribution in [-0.4, -0.2) is 62.3 Å². The Bertz CT molecular complexity index is 1030. The summed E-state index contributed by atoms with van der Waals surface area (Å²) in [5, 5.41) is 2.98. The zero-order valence-electron chi connectivity index (χ0n) is 18.9. The minimum Gasteiger partial charge on any atom is -0.495 e. The topological polar surface area (TPSA) is 154 Å². The van der Waals surface area contributed by atoms with E-state index in [0.29, 0.717) is 28.6 Å². The quantitative estimate of drug-likeness (QED) is 0.113. The highest BCUT2D eigenvalue weighted by Crippen LogP contribution is 2.37. The number of methoxy groups -OCH3 is 4. The van der Waals surface area contributed by atoms with Crippen molar-refractivity contribution in [2.24, 2.45) is 0 Å². The Hall–Kier alpha value is -2.58. The Morgan fingerprint density at radius 3 is 2.00 bits per heavy atom. The third-order valence-corrected chi connectivity index (χ3v) is 6.84. The highest BCUT2D eigenvalue weighted by Gasteiger charge is 2.22. The van der Waals surface area contributed by atoms with E-state index < -0.39 is 9.84 Å². The van der Waals surface area contributed by atoms with Crippen molar-refractivity contribution >= 4 is 33.3 Å². The molecule has 11 nitrogen and oxygen atoms in total. The van der Waals surface area contributed by atoms with Crippen LogP contribution in [0.3, 0.4) is 0 Å². The molecule has 0 aromatic heterocycles. The first-order valence-electron chi connectivity index (χ1n) is 9.70. The summed E-state index contributed by atoms with van der Waals surface area (Å²) in [5.74, 6) is 1.27. The highest BCUT2D eigenvalue weighted by molar-refractivity contribution is 7.94. The summed E-state index contributed by atoms with van der Waals surface area (Å²) >= 11 is 0.941. The van der Waals surface area contributed by atoms with E-state index in [2.05, 4.69) is 5.32 Å². The SMILES string of the molecule is COc1cc(SOOCCNCCS(=O)(=O)c2cc(OC)c(N)cc2OC)c(OC)cc1N. The average molecular weight is 504 g/mol. The molecule has 0 amide bonds. The Morgan fingerprint density at radius 1 is 0.818 bits per heavy atom. The van der Waals surface area contributed by atoms with Crippen LogP contribution in [0.15, 0.2) is 34.1 Å². The van der Waals surface area contributed by atoms with Crippen LogP contribution in [0.25, 0.3) is 0 Å². The van der Waals surface area contributed by atoms with Gasteiger partial charge in [-0.25, -0.2) is 13.3 Å². The van der Waals surface area contributed by atoms with Gasteiger partial charge in [0.1, 0.15) is 27.9 Å². The van der Waals surface area contributed by atoms with Crippen LogP contribution in [0.4, 0.5) is 11.4 Å². The smallest absolute Gasteiger partial charge is 0.183 e. The molecule has 0 aliphatic rings. The van der Waals surface area contributed by atoms with Crippen molar-refractivity contribution in [3.8, 4) is 23.0 Å². The molecular weight excluding hydrogens is 474 g/mol. The fourth-order valence-electron chi connectivity index (χ4n) is 2.74. The maximum atomic E-state index is 12.7. The zero-order valence-corrected chi connectivity index (χ0v) is 20.5. The van der Waals surface area contributed by atoms with Crippen LogP contribution >= 0.6 is 12.0 Å². The number of hydrogen-bond acceptors (Lipinski definition) is 12. The molecule has 2 aromatic carbocycles. The van der Waals surface area contributed by atoms with Gasteiger partial charge in [0.25, 0.3) is 0 Å². The molecule has 2 aromatic rings. The minimum atomic E-state index is -3.64. The lowest BCUT2D eigenvalue weighted by molar-refractivity contribution is -0.188. The third kappa shape index (κ3) is 7.20. The summed E-state index contributed by atoms with van der Waals surface area (Å²) in [7, 11) is 2.18. The second-order valence-corrected chi connectivity index (χ2v) is 9.35. The maximum absolute atomic E-state index is 12.7. The lowest BCUT2D eigenvalue weighted by Gasteiger charge is -2.13. The van der Waals surface area contributed by atoms with Gasteiger partial charge >= 0.3 is 0 Å². The average Bonchev–Trinajstić information content (AvgIpc) is 2.80. The van der Waals surface area contributed by atoms with Crippen LogP contribution in [0.1, 0.15) is 0 Å². The van der Waals surface area contributed by atoms with Gasteiger partial charge in [0.2, 0.25) is 0 Å². The van der Waals surface area contributed by atoms with Crippen LogP contribution in [0.5, 0.6) is 23.0 Å². The number of sulfone groups is 1. The number of ether oxygens (including phenoxy) is 4. The van der Waals surface area contributed by atoms with Gasteiger partial charge in [-0.1, -0.05) is 0 Å². The molecule has 184 valence electrons. The van der Waals surface area contributed by atoms with Crippen molar-refractivity contribution in [1.82, 2.24) is 5.32 Å². The molecule has 13 heteroatoms. The Morgan fingerprint density at radius 2 is 1.39 bits per heavy atom. The number of nitrogens with one attached hydrogen (secondary N) is 1. The first-order chi connectivity index (χ1) is 15.8. The zero-order chi connectivity index (χ0) is 24.4. The summed E-state index contributed by atoms with van der Waals surface area (Å²) in [5.41, 5.74) is 12.4. The summed E-state index contributed by atoms with van der Waals surface area (Å²) in [6.45, 7) is 0.735. The third-order valence-electron chi connectivity index (χ3n) is 4.45. The van der Waals surface area contributed by atoms with E-state index in [4.69, 9.17) is 39.6 Å². The largest absolute Gasteiger partial charge is 0.495 e. The van der Waals surface area contributed by atoms with E-state index >= 15 is 0 Å². The molecule has 0 radical (unpaired) electrons. The monoisotopic (exact) mass is 503 g/mol. The number of rotatable bonds is 14. The molecule has 0 unspecified atom stereocenters. The van der Waals surface area contributed by atoms with E-state index in [9.17, 15) is 8.42 Å². The molecular formula is C20H29N3O8S2. The van der Waals surface area contributed by atoms with Crippen LogP contribution in [-0.2, 0) is 19.1 Å². The molecule has 0 aliphatic heterocycles. The van der Waals surface area contributed by atoms with Crippen LogP contribution in [0, 0.1) is 0 Å². The molecule has 0 bridgehead atoms. The molecule has 0 heterocycles. The Labute approximate surface area is 197 Å². The minimum absolute atomic E-state index is 0.0155. The van der Waals surface area contributed by atoms with Crippen LogP contribution in [0.2, 0.25) is 0 Å². The molecule has 2 rings (SSSR count). The molecule has 0 fully saturated rings. The molecule has 0 spiro atoms. The Kier molecular flexibility index (Phi) is 10.2. The van der Waals surface area contributed by atoms with Gasteiger partial charge in [-0.15, -0.1) is 0 Å². The van der Waals surface area contributed by atoms with Crippen molar-refractivity contribution in [2.75, 3.05) is 65.4 Å². The number of benzene rings is 2. The van der Waals surface area contributed by atoms with E-state index in [1.54, 1.807) is 12.1 Å². The highest BCUT2D eigenvalue weighted by atomic mass is 32.2. The number of hydrogen-bond donors (Lipinski definition) is 3. The predicted octanol–water partition coefficient (Wildman–Crippen LogP) is 1.90. The normalized spacial score (nSPS) is 11.3. The van der Waals surface area contributed by atoms with Gasteiger partial charge in [-0.05, 0) is 0 Å². The van der Waals surface area contributed by atoms with Gasteiger partial charge in [0.15, 0.2) is 9.84 Å². The van der Waals surface area contributed by atoms with E-state index in [0.717, 1.165) is 12.0 Å². The summed E-state index contributed by atoms with van der Waals surface area (Å²) in [6.07, 6.45) is 0. The van der Waals surface area contributed by atoms with Crippen molar-refractivity contribution in [2.45, 2.75) is 9.79 Å². The fraction of sp³-hybridized carbons (Fsp3) is 0.400. The van der Waals surface area contributed by atoms with Crippen molar-refractivity contribution in [1.29, 1.82) is 0 Å². The molecule has 0 saturated heterocycles. The van der Waals surface area contributed by atoms with Crippen LogP contribution < -0.4 is 35.7 Å². The van der Waals surface area contributed by atoms with Gasteiger partial charge in [0, 0.05) is 37.4 Å². The lowest BCUT2D eigenvalue weighted by atomic mass is 10.3. The molecule has 0 atom stereocenters. The van der Waals surface area contributed by atoms with E-state index in [1.807, 2.05) is 0 Å². The molecule has 0 saturated carbocycles. The second-order valence-electron chi connectivity index (χ2n) is 6.53. The maximum Gasteiger partial charge on any atom is 0.183 e. The van der Waals surface area contributed by atoms with E-state index in [1.165, 1.54) is 40.6 Å². The number of nitrogen functional groups attached to an aromatic ring is 2. The molecule has 0 aliphatic carbocycles. The van der Waals surface area contributed by atoms with E-state index in [-0.39, 0.29) is 41.0 Å². The van der Waals surface area contributed by atoms with Crippen molar-refractivity contribution in [3.05, 3.63) is 24.3 Å². The first-order valence-corrected chi connectivity index (χ1v) is 12.1. The summed E-state index contributed by atoms with van der Waals surface area (Å²) in [4.78, 5) is 5.75. The summed E-state index contributed by atoms with van der Waals surface area (Å²) < 4.78 is 51.3. The second kappa shape index (κ2) is 12.6. The molecule has 5 N–H and O–H groups in total. The first kappa shape index (κ1) is 26.7. The van der Waals surface area contributed by atoms with Crippen molar-refractivity contribution in [3.63, 3.8) is 0 Å². The van der Waals surface area contributed by atoms with Gasteiger partial charge in [0.05, 0.1) is 69.1 Å². The lowest BCUT2D eigenvalue weighted by Crippen LogP contribution is -2.26.